The molecular formula is C37H38Br2IN. The standard InChI is InChI=1S/C21H17Br.C10H6BrI.C6H15N/c1-2-5-16-8-10-17(11-9-16)12-13-18-14-15-21(22)20-7-4-3-6-19(18)20;11-9-5-6-10(12)8-4-2-1-3-7(8)9;1-4-7(5-2)6-3/h3-4,6-11,14-15H,2,5H2,1H3;1-6H;4-6H2,1-3H3. The predicted molar refractivity (Wildman–Crippen MR) is 196 cm³/mol. The van der Waals surface area contributed by atoms with E-state index in [9.17, 15) is 0 Å². The monoisotopic (exact) mass is 781 g/mol. The first kappa shape index (κ1) is 33.3. The highest BCUT2D eigenvalue weighted by Gasteiger charge is 2.02. The SMILES string of the molecule is Brc1ccc(I)c2ccccc12.CCCc1ccc(C#Cc2ccc(Br)c3ccccc23)cc1.CCN(CC)CC. The van der Waals surface area contributed by atoms with Crippen LogP contribution in [0.2, 0.25) is 0 Å². The molecule has 0 atom stereocenters. The fraction of sp³-hybridized carbons (Fsp3) is 0.243. The molecule has 0 spiro atoms. The van der Waals surface area contributed by atoms with Gasteiger partial charge in [-0.3, -0.25) is 0 Å². The molecule has 4 heteroatoms. The van der Waals surface area contributed by atoms with Gasteiger partial charge in [-0.1, -0.05) is 138 Å². The van der Waals surface area contributed by atoms with Crippen LogP contribution in [0.4, 0.5) is 0 Å². The zero-order chi connectivity index (χ0) is 29.6. The molecule has 0 radical (unpaired) electrons. The number of halogens is 3. The second kappa shape index (κ2) is 17.7. The Hall–Kier alpha value is -2.17. The smallest absolute Gasteiger partial charge is 0.0328 e. The predicted octanol–water partition coefficient (Wildman–Crippen LogP) is 11.5. The molecule has 0 bridgehead atoms. The topological polar surface area (TPSA) is 3.24 Å². The third kappa shape index (κ3) is 9.96. The minimum Gasteiger partial charge on any atom is -0.304 e. The summed E-state index contributed by atoms with van der Waals surface area (Å²) in [6.45, 7) is 12.3. The van der Waals surface area contributed by atoms with E-state index in [1.54, 1.807) is 0 Å². The molecule has 0 unspecified atom stereocenters. The van der Waals surface area contributed by atoms with E-state index in [-0.39, 0.29) is 0 Å². The molecule has 0 aliphatic rings. The number of hydrogen-bond donors (Lipinski definition) is 0. The van der Waals surface area contributed by atoms with Gasteiger partial charge in [0.1, 0.15) is 0 Å². The summed E-state index contributed by atoms with van der Waals surface area (Å²) in [5.74, 6) is 6.59. The van der Waals surface area contributed by atoms with Crippen molar-refractivity contribution in [3.05, 3.63) is 126 Å². The number of hydrogen-bond acceptors (Lipinski definition) is 1. The van der Waals surface area contributed by atoms with Gasteiger partial charge in [0.25, 0.3) is 0 Å². The Morgan fingerprint density at radius 2 is 1.10 bits per heavy atom. The van der Waals surface area contributed by atoms with E-state index >= 15 is 0 Å². The van der Waals surface area contributed by atoms with Gasteiger partial charge < -0.3 is 4.90 Å². The fourth-order valence-electron chi connectivity index (χ4n) is 4.45. The lowest BCUT2D eigenvalue weighted by Gasteiger charge is -2.13. The first-order chi connectivity index (χ1) is 19.9. The van der Waals surface area contributed by atoms with Gasteiger partial charge in [-0.15, -0.1) is 0 Å². The molecule has 0 saturated heterocycles. The van der Waals surface area contributed by atoms with Crippen molar-refractivity contribution in [2.75, 3.05) is 19.6 Å². The molecular weight excluding hydrogens is 745 g/mol. The molecule has 0 aromatic heterocycles. The fourth-order valence-corrected chi connectivity index (χ4v) is 6.06. The summed E-state index contributed by atoms with van der Waals surface area (Å²) < 4.78 is 3.57. The van der Waals surface area contributed by atoms with Crippen LogP contribution in [0, 0.1) is 15.4 Å². The summed E-state index contributed by atoms with van der Waals surface area (Å²) in [4.78, 5) is 2.38. The zero-order valence-electron chi connectivity index (χ0n) is 24.4. The van der Waals surface area contributed by atoms with E-state index in [2.05, 4.69) is 196 Å². The van der Waals surface area contributed by atoms with Gasteiger partial charge in [0.15, 0.2) is 0 Å². The van der Waals surface area contributed by atoms with Crippen LogP contribution in [-0.4, -0.2) is 24.5 Å². The highest BCUT2D eigenvalue weighted by molar-refractivity contribution is 14.1. The lowest BCUT2D eigenvalue weighted by molar-refractivity contribution is 0.321. The van der Waals surface area contributed by atoms with Crippen molar-refractivity contribution >= 4 is 76.0 Å². The van der Waals surface area contributed by atoms with Gasteiger partial charge in [-0.2, -0.15) is 0 Å². The molecule has 0 amide bonds. The van der Waals surface area contributed by atoms with E-state index in [0.29, 0.717) is 0 Å². The van der Waals surface area contributed by atoms with Crippen LogP contribution in [-0.2, 0) is 6.42 Å². The quantitative estimate of drug-likeness (QED) is 0.127. The van der Waals surface area contributed by atoms with Gasteiger partial charge in [-0.05, 0) is 112 Å². The molecule has 0 heterocycles. The molecule has 0 aliphatic heterocycles. The van der Waals surface area contributed by atoms with Crippen LogP contribution in [0.15, 0.2) is 106 Å². The molecule has 212 valence electrons. The van der Waals surface area contributed by atoms with Crippen molar-refractivity contribution in [2.24, 2.45) is 0 Å². The van der Waals surface area contributed by atoms with Crippen LogP contribution in [0.25, 0.3) is 21.5 Å². The molecule has 1 nitrogen and oxygen atoms in total. The van der Waals surface area contributed by atoms with Crippen LogP contribution >= 0.6 is 54.5 Å². The van der Waals surface area contributed by atoms with Crippen LogP contribution in [0.5, 0.6) is 0 Å². The van der Waals surface area contributed by atoms with Crippen molar-refractivity contribution in [1.82, 2.24) is 4.90 Å². The first-order valence-electron chi connectivity index (χ1n) is 14.2. The highest BCUT2D eigenvalue weighted by Crippen LogP contribution is 2.28. The molecule has 0 saturated carbocycles. The molecule has 41 heavy (non-hydrogen) atoms. The van der Waals surface area contributed by atoms with Gasteiger partial charge >= 0.3 is 0 Å². The minimum absolute atomic E-state index is 1.06. The average molecular weight is 783 g/mol. The second-order valence-electron chi connectivity index (χ2n) is 9.53. The van der Waals surface area contributed by atoms with E-state index in [1.807, 2.05) is 0 Å². The Kier molecular flexibility index (Phi) is 14.4. The van der Waals surface area contributed by atoms with Crippen molar-refractivity contribution < 1.29 is 0 Å². The maximum atomic E-state index is 3.60. The maximum absolute atomic E-state index is 3.60. The number of benzene rings is 5. The number of nitrogens with zero attached hydrogens (tertiary/aromatic N) is 1. The lowest BCUT2D eigenvalue weighted by Crippen LogP contribution is -2.21. The highest BCUT2D eigenvalue weighted by atomic mass is 127. The molecule has 5 rings (SSSR count). The zero-order valence-corrected chi connectivity index (χ0v) is 29.7. The summed E-state index contributed by atoms with van der Waals surface area (Å²) >= 11 is 9.48. The van der Waals surface area contributed by atoms with Gasteiger partial charge in [-0.25, -0.2) is 0 Å². The van der Waals surface area contributed by atoms with Crippen molar-refractivity contribution in [3.8, 4) is 11.8 Å². The van der Waals surface area contributed by atoms with Crippen molar-refractivity contribution in [2.45, 2.75) is 40.5 Å². The minimum atomic E-state index is 1.06. The van der Waals surface area contributed by atoms with Crippen molar-refractivity contribution in [1.29, 1.82) is 0 Å². The summed E-state index contributed by atoms with van der Waals surface area (Å²) in [6, 6.07) is 33.6. The number of fused-ring (bicyclic) bond motifs is 2. The molecule has 0 fully saturated rings. The van der Waals surface area contributed by atoms with Crippen LogP contribution < -0.4 is 0 Å². The van der Waals surface area contributed by atoms with E-state index in [0.717, 1.165) is 22.0 Å². The third-order valence-corrected chi connectivity index (χ3v) is 9.19. The normalized spacial score (nSPS) is 10.3. The summed E-state index contributed by atoms with van der Waals surface area (Å²) in [7, 11) is 0. The van der Waals surface area contributed by atoms with E-state index in [1.165, 1.54) is 61.2 Å². The van der Waals surface area contributed by atoms with Gasteiger partial charge in [0.2, 0.25) is 0 Å². The molecule has 0 N–H and O–H groups in total. The van der Waals surface area contributed by atoms with Gasteiger partial charge in [0.05, 0.1) is 0 Å². The van der Waals surface area contributed by atoms with Gasteiger partial charge in [0, 0.05) is 23.6 Å². The Bertz CT molecular complexity index is 1550. The largest absolute Gasteiger partial charge is 0.304 e. The summed E-state index contributed by atoms with van der Waals surface area (Å²) in [6.07, 6.45) is 2.31. The Morgan fingerprint density at radius 1 is 0.585 bits per heavy atom. The third-order valence-electron chi connectivity index (χ3n) is 6.86. The average Bonchev–Trinajstić information content (AvgIpc) is 3.01. The van der Waals surface area contributed by atoms with E-state index < -0.39 is 0 Å². The molecule has 5 aromatic rings. The van der Waals surface area contributed by atoms with E-state index in [4.69, 9.17) is 0 Å². The van der Waals surface area contributed by atoms with Crippen LogP contribution in [0.3, 0.4) is 0 Å². The first-order valence-corrected chi connectivity index (χ1v) is 16.9. The lowest BCUT2D eigenvalue weighted by atomic mass is 10.0. The summed E-state index contributed by atoms with van der Waals surface area (Å²) in [5, 5.41) is 4.98. The van der Waals surface area contributed by atoms with Crippen molar-refractivity contribution in [3.63, 3.8) is 0 Å². The molecule has 5 aromatic carbocycles. The van der Waals surface area contributed by atoms with Crippen LogP contribution in [0.1, 0.15) is 50.8 Å². The second-order valence-corrected chi connectivity index (χ2v) is 12.4. The Balaban J connectivity index is 0.000000203. The maximum Gasteiger partial charge on any atom is 0.0328 e. The summed E-state index contributed by atoms with van der Waals surface area (Å²) in [5.41, 5.74) is 3.51. The Morgan fingerprint density at radius 3 is 1.61 bits per heavy atom. The number of rotatable bonds is 5. The Labute approximate surface area is 277 Å². The number of aryl methyl sites for hydroxylation is 1. The molecule has 0 aliphatic carbocycles.